The van der Waals surface area contributed by atoms with Gasteiger partial charge in [-0.05, 0) is 49.7 Å². The van der Waals surface area contributed by atoms with E-state index in [2.05, 4.69) is 6.07 Å². The molecule has 19 heavy (non-hydrogen) atoms. The summed E-state index contributed by atoms with van der Waals surface area (Å²) in [5.41, 5.74) is 1.44. The molecule has 2 rings (SSSR count). The number of carboxylic acids is 1. The molecule has 0 amide bonds. The van der Waals surface area contributed by atoms with Crippen LogP contribution in [0.2, 0.25) is 0 Å². The fourth-order valence-corrected chi connectivity index (χ4v) is 2.68. The van der Waals surface area contributed by atoms with Gasteiger partial charge < -0.3 is 10.2 Å². The molecule has 0 radical (unpaired) electrons. The van der Waals surface area contributed by atoms with Gasteiger partial charge in [-0.15, -0.1) is 0 Å². The molecular formula is C16H22O3. The minimum atomic E-state index is -0.736. The van der Waals surface area contributed by atoms with E-state index in [1.807, 2.05) is 18.2 Å². The highest BCUT2D eigenvalue weighted by Gasteiger charge is 2.33. The standard InChI is InChI=1S/C16H22O3/c1-16(2,19)10-11-4-3-5-13(8-11)14(9-15(17)18)12-6-7-12/h3-5,8,12,14,19H,6-7,9-10H2,1-2H3,(H,17,18). The van der Waals surface area contributed by atoms with Crippen LogP contribution in [0.15, 0.2) is 24.3 Å². The van der Waals surface area contributed by atoms with Gasteiger partial charge in [0.2, 0.25) is 0 Å². The van der Waals surface area contributed by atoms with Crippen LogP contribution in [0.5, 0.6) is 0 Å². The molecule has 0 aliphatic heterocycles. The number of benzene rings is 1. The van der Waals surface area contributed by atoms with Gasteiger partial charge in [0.25, 0.3) is 0 Å². The summed E-state index contributed by atoms with van der Waals surface area (Å²) in [5, 5.41) is 18.9. The number of hydrogen-bond donors (Lipinski definition) is 2. The van der Waals surface area contributed by atoms with Gasteiger partial charge in [-0.3, -0.25) is 4.79 Å². The molecule has 0 bridgehead atoms. The van der Waals surface area contributed by atoms with Crippen LogP contribution >= 0.6 is 0 Å². The fourth-order valence-electron chi connectivity index (χ4n) is 2.68. The van der Waals surface area contributed by atoms with Crippen molar-refractivity contribution in [1.29, 1.82) is 0 Å². The van der Waals surface area contributed by atoms with Crippen LogP contribution < -0.4 is 0 Å². The molecule has 1 aliphatic rings. The third-order valence-corrected chi connectivity index (χ3v) is 3.60. The molecule has 1 aromatic carbocycles. The van der Waals surface area contributed by atoms with Crippen LogP contribution in [0.25, 0.3) is 0 Å². The first-order valence-corrected chi connectivity index (χ1v) is 6.88. The number of hydrogen-bond acceptors (Lipinski definition) is 2. The van der Waals surface area contributed by atoms with Crippen LogP contribution in [-0.4, -0.2) is 21.8 Å². The molecule has 1 unspecified atom stereocenters. The predicted molar refractivity (Wildman–Crippen MR) is 74.2 cm³/mol. The lowest BCUT2D eigenvalue weighted by atomic mass is 9.88. The first-order chi connectivity index (χ1) is 8.85. The SMILES string of the molecule is CC(C)(O)Cc1cccc(C(CC(=O)O)C2CC2)c1. The van der Waals surface area contributed by atoms with Crippen molar-refractivity contribution in [1.82, 2.24) is 0 Å². The molecule has 3 nitrogen and oxygen atoms in total. The van der Waals surface area contributed by atoms with Crippen molar-refractivity contribution in [3.63, 3.8) is 0 Å². The lowest BCUT2D eigenvalue weighted by molar-refractivity contribution is -0.137. The monoisotopic (exact) mass is 262 g/mol. The van der Waals surface area contributed by atoms with Crippen molar-refractivity contribution in [2.75, 3.05) is 0 Å². The van der Waals surface area contributed by atoms with E-state index in [9.17, 15) is 9.90 Å². The van der Waals surface area contributed by atoms with Crippen molar-refractivity contribution in [3.8, 4) is 0 Å². The summed E-state index contributed by atoms with van der Waals surface area (Å²) in [6.07, 6.45) is 3.06. The molecule has 2 N–H and O–H groups in total. The Balaban J connectivity index is 2.18. The molecular weight excluding hydrogens is 240 g/mol. The average Bonchev–Trinajstić information content (AvgIpc) is 3.07. The molecule has 1 saturated carbocycles. The number of carboxylic acid groups (broad SMARTS) is 1. The maximum atomic E-state index is 11.0. The fraction of sp³-hybridized carbons (Fsp3) is 0.562. The molecule has 0 aromatic heterocycles. The van der Waals surface area contributed by atoms with Gasteiger partial charge in [-0.1, -0.05) is 24.3 Å². The van der Waals surface area contributed by atoms with E-state index in [-0.39, 0.29) is 12.3 Å². The first-order valence-electron chi connectivity index (χ1n) is 6.88. The second kappa shape index (κ2) is 5.33. The molecule has 0 spiro atoms. The Morgan fingerprint density at radius 3 is 2.63 bits per heavy atom. The second-order valence-corrected chi connectivity index (χ2v) is 6.28. The zero-order valence-corrected chi connectivity index (χ0v) is 11.6. The molecule has 104 valence electrons. The van der Waals surface area contributed by atoms with Crippen molar-refractivity contribution in [2.24, 2.45) is 5.92 Å². The van der Waals surface area contributed by atoms with Gasteiger partial charge >= 0.3 is 5.97 Å². The number of carbonyl (C=O) groups is 1. The number of aliphatic hydroxyl groups is 1. The third kappa shape index (κ3) is 4.35. The van der Waals surface area contributed by atoms with Crippen LogP contribution in [0, 0.1) is 5.92 Å². The Kier molecular flexibility index (Phi) is 3.95. The van der Waals surface area contributed by atoms with Crippen molar-refractivity contribution in [2.45, 2.75) is 51.0 Å². The van der Waals surface area contributed by atoms with Crippen molar-refractivity contribution < 1.29 is 15.0 Å². The highest BCUT2D eigenvalue weighted by molar-refractivity contribution is 5.68. The maximum Gasteiger partial charge on any atom is 0.303 e. The normalized spacial score (nSPS) is 17.2. The van der Waals surface area contributed by atoms with Gasteiger partial charge in [0, 0.05) is 6.42 Å². The van der Waals surface area contributed by atoms with Gasteiger partial charge in [0.05, 0.1) is 12.0 Å². The first kappa shape index (κ1) is 14.1. The summed E-state index contributed by atoms with van der Waals surface area (Å²) < 4.78 is 0. The Morgan fingerprint density at radius 1 is 1.42 bits per heavy atom. The van der Waals surface area contributed by atoms with Gasteiger partial charge in [-0.2, -0.15) is 0 Å². The smallest absolute Gasteiger partial charge is 0.303 e. The Labute approximate surface area is 114 Å². The van der Waals surface area contributed by atoms with E-state index in [1.165, 1.54) is 0 Å². The lowest BCUT2D eigenvalue weighted by Crippen LogP contribution is -2.22. The number of aliphatic carboxylic acids is 1. The van der Waals surface area contributed by atoms with E-state index >= 15 is 0 Å². The Bertz CT molecular complexity index is 455. The summed E-state index contributed by atoms with van der Waals surface area (Å²) in [6.45, 7) is 3.57. The largest absolute Gasteiger partial charge is 0.481 e. The molecule has 0 heterocycles. The summed E-state index contributed by atoms with van der Waals surface area (Å²) >= 11 is 0. The van der Waals surface area contributed by atoms with Gasteiger partial charge in [0.1, 0.15) is 0 Å². The molecule has 3 heteroatoms. The van der Waals surface area contributed by atoms with E-state index in [0.717, 1.165) is 24.0 Å². The Morgan fingerprint density at radius 2 is 2.11 bits per heavy atom. The molecule has 0 saturated heterocycles. The van der Waals surface area contributed by atoms with Crippen LogP contribution in [-0.2, 0) is 11.2 Å². The summed E-state index contributed by atoms with van der Waals surface area (Å²) in [7, 11) is 0. The average molecular weight is 262 g/mol. The Hall–Kier alpha value is -1.35. The van der Waals surface area contributed by atoms with E-state index < -0.39 is 11.6 Å². The predicted octanol–water partition coefficient (Wildman–Crippen LogP) is 2.97. The highest BCUT2D eigenvalue weighted by Crippen LogP contribution is 2.44. The van der Waals surface area contributed by atoms with Crippen LogP contribution in [0.3, 0.4) is 0 Å². The highest BCUT2D eigenvalue weighted by atomic mass is 16.4. The van der Waals surface area contributed by atoms with E-state index in [1.54, 1.807) is 13.8 Å². The van der Waals surface area contributed by atoms with Crippen LogP contribution in [0.1, 0.15) is 50.2 Å². The minimum absolute atomic E-state index is 0.124. The maximum absolute atomic E-state index is 11.0. The van der Waals surface area contributed by atoms with Gasteiger partial charge in [-0.25, -0.2) is 0 Å². The summed E-state index contributed by atoms with van der Waals surface area (Å²) in [4.78, 5) is 11.0. The zero-order valence-electron chi connectivity index (χ0n) is 11.6. The quantitative estimate of drug-likeness (QED) is 0.828. The molecule has 1 aliphatic carbocycles. The topological polar surface area (TPSA) is 57.5 Å². The lowest BCUT2D eigenvalue weighted by Gasteiger charge is -2.19. The van der Waals surface area contributed by atoms with Crippen molar-refractivity contribution >= 4 is 5.97 Å². The summed E-state index contributed by atoms with van der Waals surface area (Å²) in [6, 6.07) is 8.03. The molecule has 1 aromatic rings. The number of rotatable bonds is 6. The van der Waals surface area contributed by atoms with Crippen LogP contribution in [0.4, 0.5) is 0 Å². The minimum Gasteiger partial charge on any atom is -0.481 e. The molecule has 1 atom stereocenters. The van der Waals surface area contributed by atoms with Gasteiger partial charge in [0.15, 0.2) is 0 Å². The van der Waals surface area contributed by atoms with E-state index in [4.69, 9.17) is 5.11 Å². The van der Waals surface area contributed by atoms with E-state index in [0.29, 0.717) is 12.3 Å². The molecule has 1 fully saturated rings. The second-order valence-electron chi connectivity index (χ2n) is 6.28. The zero-order chi connectivity index (χ0) is 14.0. The summed E-state index contributed by atoms with van der Waals surface area (Å²) in [5.74, 6) is -0.0856. The third-order valence-electron chi connectivity index (χ3n) is 3.60. The van der Waals surface area contributed by atoms with Crippen molar-refractivity contribution in [3.05, 3.63) is 35.4 Å².